The van der Waals surface area contributed by atoms with Gasteiger partial charge in [0.25, 0.3) is 0 Å². The molecule has 1 aliphatic carbocycles. The van der Waals surface area contributed by atoms with Crippen molar-refractivity contribution in [3.05, 3.63) is 34.9 Å². The van der Waals surface area contributed by atoms with Gasteiger partial charge >= 0.3 is 0 Å². The first kappa shape index (κ1) is 8.80. The van der Waals surface area contributed by atoms with Crippen LogP contribution in [0.5, 0.6) is 0 Å². The molecule has 1 unspecified atom stereocenters. The zero-order chi connectivity index (χ0) is 9.64. The van der Waals surface area contributed by atoms with Crippen LogP contribution in [0, 0.1) is 6.92 Å². The highest BCUT2D eigenvalue weighted by atomic mass is 14.4. The van der Waals surface area contributed by atoms with E-state index in [4.69, 9.17) is 0 Å². The van der Waals surface area contributed by atoms with Crippen molar-refractivity contribution in [3.63, 3.8) is 0 Å². The highest BCUT2D eigenvalue weighted by Gasteiger charge is 2.34. The van der Waals surface area contributed by atoms with E-state index in [0.29, 0.717) is 5.41 Å². The summed E-state index contributed by atoms with van der Waals surface area (Å²) in [5.74, 6) is 0.741. The van der Waals surface area contributed by atoms with Crippen LogP contribution in [0.1, 0.15) is 49.8 Å². The summed E-state index contributed by atoms with van der Waals surface area (Å²) < 4.78 is 0. The minimum Gasteiger partial charge on any atom is -0.0590 e. The van der Waals surface area contributed by atoms with Gasteiger partial charge in [-0.25, -0.2) is 0 Å². The maximum Gasteiger partial charge on any atom is -0.00949 e. The molecule has 1 aromatic carbocycles. The molecule has 70 valence electrons. The van der Waals surface area contributed by atoms with Crippen LogP contribution in [-0.4, -0.2) is 0 Å². The highest BCUT2D eigenvalue weighted by Crippen LogP contribution is 2.45. The van der Waals surface area contributed by atoms with Gasteiger partial charge in [-0.1, -0.05) is 44.5 Å². The third kappa shape index (κ3) is 1.29. The van der Waals surface area contributed by atoms with Gasteiger partial charge < -0.3 is 0 Å². The molecule has 0 heteroatoms. The monoisotopic (exact) mass is 174 g/mol. The van der Waals surface area contributed by atoms with E-state index in [1.165, 1.54) is 12.0 Å². The number of aryl methyl sites for hydroxylation is 1. The fraction of sp³-hybridized carbons (Fsp3) is 0.538. The van der Waals surface area contributed by atoms with E-state index < -0.39 is 0 Å². The predicted octanol–water partition coefficient (Wildman–Crippen LogP) is 3.78. The van der Waals surface area contributed by atoms with Crippen LogP contribution < -0.4 is 0 Å². The molecule has 0 aliphatic heterocycles. The zero-order valence-electron chi connectivity index (χ0n) is 9.02. The molecule has 1 aromatic rings. The van der Waals surface area contributed by atoms with Gasteiger partial charge in [0.1, 0.15) is 0 Å². The van der Waals surface area contributed by atoms with E-state index in [1.54, 1.807) is 11.1 Å². The second-order valence-corrected chi connectivity index (χ2v) is 5.08. The molecule has 0 radical (unpaired) electrons. The van der Waals surface area contributed by atoms with Crippen molar-refractivity contribution in [3.8, 4) is 0 Å². The molecule has 0 N–H and O–H groups in total. The fourth-order valence-corrected chi connectivity index (χ4v) is 2.67. The quantitative estimate of drug-likeness (QED) is 0.561. The summed E-state index contributed by atoms with van der Waals surface area (Å²) in [4.78, 5) is 0. The van der Waals surface area contributed by atoms with Crippen molar-refractivity contribution in [1.82, 2.24) is 0 Å². The third-order valence-electron chi connectivity index (χ3n) is 3.29. The average molecular weight is 174 g/mol. The normalized spacial score (nSPS) is 24.5. The predicted molar refractivity (Wildman–Crippen MR) is 57.2 cm³/mol. The van der Waals surface area contributed by atoms with Gasteiger partial charge in [-0.15, -0.1) is 0 Å². The molecule has 0 aromatic heterocycles. The van der Waals surface area contributed by atoms with Gasteiger partial charge in [0.15, 0.2) is 0 Å². The van der Waals surface area contributed by atoms with Gasteiger partial charge in [-0.3, -0.25) is 0 Å². The molecule has 1 aliphatic rings. The second kappa shape index (κ2) is 2.60. The largest absolute Gasteiger partial charge is 0.0590 e. The molecule has 0 amide bonds. The van der Waals surface area contributed by atoms with E-state index in [0.717, 1.165) is 5.92 Å². The first-order valence-electron chi connectivity index (χ1n) is 5.12. The van der Waals surface area contributed by atoms with Crippen LogP contribution in [0.4, 0.5) is 0 Å². The number of hydrogen-bond acceptors (Lipinski definition) is 0. The van der Waals surface area contributed by atoms with Crippen LogP contribution in [0.15, 0.2) is 18.2 Å². The van der Waals surface area contributed by atoms with Crippen molar-refractivity contribution in [2.75, 3.05) is 0 Å². The Hall–Kier alpha value is -0.780. The molecule has 0 bridgehead atoms. The lowest BCUT2D eigenvalue weighted by atomic mass is 9.85. The lowest BCUT2D eigenvalue weighted by Gasteiger charge is -2.19. The van der Waals surface area contributed by atoms with Crippen LogP contribution in [0.25, 0.3) is 0 Å². The summed E-state index contributed by atoms with van der Waals surface area (Å²) in [7, 11) is 0. The van der Waals surface area contributed by atoms with Crippen molar-refractivity contribution >= 4 is 0 Å². The standard InChI is InChI=1S/C13H18/c1-9-5-6-11-10(2)8-13(3,4)12(11)7-9/h5-7,10H,8H2,1-4H3. The van der Waals surface area contributed by atoms with Crippen molar-refractivity contribution in [1.29, 1.82) is 0 Å². The maximum absolute atomic E-state index is 2.36. The second-order valence-electron chi connectivity index (χ2n) is 5.08. The minimum absolute atomic E-state index is 0.390. The maximum atomic E-state index is 2.36. The molecule has 0 heterocycles. The first-order valence-corrected chi connectivity index (χ1v) is 5.12. The summed E-state index contributed by atoms with van der Waals surface area (Å²) in [5, 5.41) is 0. The Bertz CT molecular complexity index is 334. The number of benzene rings is 1. The molecule has 0 spiro atoms. The molecule has 0 saturated heterocycles. The Balaban J connectivity index is 2.60. The van der Waals surface area contributed by atoms with Crippen LogP contribution in [-0.2, 0) is 5.41 Å². The van der Waals surface area contributed by atoms with Gasteiger partial charge in [0, 0.05) is 0 Å². The van der Waals surface area contributed by atoms with Gasteiger partial charge in [-0.05, 0) is 35.8 Å². The molecule has 0 saturated carbocycles. The molecule has 0 fully saturated rings. The van der Waals surface area contributed by atoms with Crippen molar-refractivity contribution in [2.24, 2.45) is 0 Å². The van der Waals surface area contributed by atoms with Crippen LogP contribution in [0.3, 0.4) is 0 Å². The number of hydrogen-bond donors (Lipinski definition) is 0. The Morgan fingerprint density at radius 3 is 2.69 bits per heavy atom. The Labute approximate surface area is 81.0 Å². The van der Waals surface area contributed by atoms with E-state index in [2.05, 4.69) is 45.9 Å². The van der Waals surface area contributed by atoms with Crippen molar-refractivity contribution < 1.29 is 0 Å². The first-order chi connectivity index (χ1) is 6.00. The third-order valence-corrected chi connectivity index (χ3v) is 3.29. The Morgan fingerprint density at radius 1 is 1.31 bits per heavy atom. The van der Waals surface area contributed by atoms with Crippen LogP contribution in [0.2, 0.25) is 0 Å². The van der Waals surface area contributed by atoms with E-state index in [9.17, 15) is 0 Å². The zero-order valence-corrected chi connectivity index (χ0v) is 9.02. The minimum atomic E-state index is 0.390. The topological polar surface area (TPSA) is 0 Å². The summed E-state index contributed by atoms with van der Waals surface area (Å²) in [6.45, 7) is 9.23. The number of rotatable bonds is 0. The number of fused-ring (bicyclic) bond motifs is 1. The lowest BCUT2D eigenvalue weighted by molar-refractivity contribution is 0.489. The van der Waals surface area contributed by atoms with E-state index >= 15 is 0 Å². The molecule has 2 rings (SSSR count). The van der Waals surface area contributed by atoms with Gasteiger partial charge in [-0.2, -0.15) is 0 Å². The average Bonchev–Trinajstić information content (AvgIpc) is 2.23. The van der Waals surface area contributed by atoms with Crippen molar-refractivity contribution in [2.45, 2.75) is 45.4 Å². The lowest BCUT2D eigenvalue weighted by Crippen LogP contribution is -2.12. The summed E-state index contributed by atoms with van der Waals surface area (Å²) in [6, 6.07) is 6.90. The van der Waals surface area contributed by atoms with Crippen LogP contribution >= 0.6 is 0 Å². The smallest absolute Gasteiger partial charge is 0.00949 e. The van der Waals surface area contributed by atoms with Gasteiger partial charge in [0.2, 0.25) is 0 Å². The molecule has 1 atom stereocenters. The van der Waals surface area contributed by atoms with Gasteiger partial charge in [0.05, 0.1) is 0 Å². The molecular formula is C13H18. The molecule has 13 heavy (non-hydrogen) atoms. The fourth-order valence-electron chi connectivity index (χ4n) is 2.67. The Morgan fingerprint density at radius 2 is 2.00 bits per heavy atom. The highest BCUT2D eigenvalue weighted by molar-refractivity contribution is 5.43. The summed E-state index contributed by atoms with van der Waals surface area (Å²) in [5.41, 5.74) is 4.91. The summed E-state index contributed by atoms with van der Waals surface area (Å²) in [6.07, 6.45) is 1.30. The SMILES string of the molecule is Cc1ccc2c(c1)C(C)(C)CC2C. The van der Waals surface area contributed by atoms with E-state index in [-0.39, 0.29) is 0 Å². The molecule has 0 nitrogen and oxygen atoms in total. The van der Waals surface area contributed by atoms with E-state index in [1.807, 2.05) is 0 Å². The molecular weight excluding hydrogens is 156 g/mol. The summed E-state index contributed by atoms with van der Waals surface area (Å²) >= 11 is 0. The Kier molecular flexibility index (Phi) is 1.76.